The van der Waals surface area contributed by atoms with Gasteiger partial charge in [0.25, 0.3) is 5.91 Å². The Labute approximate surface area is 128 Å². The Balaban J connectivity index is 2.63. The van der Waals surface area contributed by atoms with Crippen LogP contribution in [0.1, 0.15) is 19.4 Å². The third-order valence-corrected chi connectivity index (χ3v) is 3.02. The Morgan fingerprint density at radius 3 is 2.90 bits per heavy atom. The average molecular weight is 341 g/mol. The van der Waals surface area contributed by atoms with E-state index in [1.807, 2.05) is 18.2 Å². The van der Waals surface area contributed by atoms with E-state index in [1.54, 1.807) is 6.08 Å². The zero-order valence-electron chi connectivity index (χ0n) is 11.9. The first-order chi connectivity index (χ1) is 9.52. The lowest BCUT2D eigenvalue weighted by Crippen LogP contribution is -2.29. The predicted octanol–water partition coefficient (Wildman–Crippen LogP) is 2.63. The molecule has 0 aromatic heterocycles. The van der Waals surface area contributed by atoms with Crippen molar-refractivity contribution in [1.29, 1.82) is 0 Å². The largest absolute Gasteiger partial charge is 0.483 e. The molecule has 0 aliphatic carbocycles. The van der Waals surface area contributed by atoms with E-state index < -0.39 is 0 Å². The third-order valence-electron chi connectivity index (χ3n) is 2.53. The molecule has 0 atom stereocenters. The molecular formula is C15H21BrN2O2. The fourth-order valence-corrected chi connectivity index (χ4v) is 1.93. The van der Waals surface area contributed by atoms with Crippen LogP contribution in [0.5, 0.6) is 5.75 Å². The summed E-state index contributed by atoms with van der Waals surface area (Å²) in [7, 11) is 0. The van der Waals surface area contributed by atoms with Gasteiger partial charge in [0.05, 0.1) is 0 Å². The predicted molar refractivity (Wildman–Crippen MR) is 84.8 cm³/mol. The molecule has 1 rings (SSSR count). The van der Waals surface area contributed by atoms with Gasteiger partial charge in [-0.15, -0.1) is 6.58 Å². The maximum atomic E-state index is 11.5. The molecule has 0 saturated carbocycles. The van der Waals surface area contributed by atoms with E-state index in [2.05, 4.69) is 47.0 Å². The summed E-state index contributed by atoms with van der Waals surface area (Å²) in [6, 6.07) is 6.14. The molecule has 0 saturated heterocycles. The highest BCUT2D eigenvalue weighted by molar-refractivity contribution is 9.10. The second-order valence-corrected chi connectivity index (χ2v) is 5.58. The van der Waals surface area contributed by atoms with Crippen LogP contribution in [-0.4, -0.2) is 25.1 Å². The molecule has 1 aromatic rings. The standard InChI is InChI=1S/C15H21BrN2O2/c1-4-7-17-15(19)10-20-14-6-5-13(16)8-12(14)9-18-11(2)3/h4-6,8,11,18H,1,7,9-10H2,2-3H3,(H,17,19). The SMILES string of the molecule is C=CCNC(=O)COc1ccc(Br)cc1CNC(C)C. The second-order valence-electron chi connectivity index (χ2n) is 4.67. The molecule has 0 aliphatic rings. The van der Waals surface area contributed by atoms with Crippen molar-refractivity contribution in [2.45, 2.75) is 26.4 Å². The Hall–Kier alpha value is -1.33. The van der Waals surface area contributed by atoms with Crippen LogP contribution in [-0.2, 0) is 11.3 Å². The molecule has 20 heavy (non-hydrogen) atoms. The zero-order valence-corrected chi connectivity index (χ0v) is 13.5. The molecule has 0 fully saturated rings. The first-order valence-electron chi connectivity index (χ1n) is 6.55. The summed E-state index contributed by atoms with van der Waals surface area (Å²) in [6.45, 7) is 8.86. The summed E-state index contributed by atoms with van der Waals surface area (Å²) in [4.78, 5) is 11.5. The van der Waals surface area contributed by atoms with Crippen molar-refractivity contribution in [1.82, 2.24) is 10.6 Å². The zero-order chi connectivity index (χ0) is 15.0. The Kier molecular flexibility index (Phi) is 7.33. The van der Waals surface area contributed by atoms with Crippen molar-refractivity contribution in [3.63, 3.8) is 0 Å². The molecule has 2 N–H and O–H groups in total. The van der Waals surface area contributed by atoms with Crippen LogP contribution in [0, 0.1) is 0 Å². The van der Waals surface area contributed by atoms with Gasteiger partial charge in [-0.1, -0.05) is 35.9 Å². The molecule has 0 aliphatic heterocycles. The van der Waals surface area contributed by atoms with Crippen LogP contribution < -0.4 is 15.4 Å². The fourth-order valence-electron chi connectivity index (χ4n) is 1.52. The van der Waals surface area contributed by atoms with E-state index >= 15 is 0 Å². The van der Waals surface area contributed by atoms with Crippen molar-refractivity contribution in [2.24, 2.45) is 0 Å². The number of amides is 1. The van der Waals surface area contributed by atoms with Gasteiger partial charge in [-0.3, -0.25) is 4.79 Å². The Morgan fingerprint density at radius 2 is 2.25 bits per heavy atom. The molecule has 0 heterocycles. The highest BCUT2D eigenvalue weighted by Crippen LogP contribution is 2.23. The molecular weight excluding hydrogens is 320 g/mol. The third kappa shape index (κ3) is 6.21. The topological polar surface area (TPSA) is 50.4 Å². The normalized spacial score (nSPS) is 10.4. The van der Waals surface area contributed by atoms with Crippen molar-refractivity contribution in [2.75, 3.05) is 13.2 Å². The smallest absolute Gasteiger partial charge is 0.258 e. The van der Waals surface area contributed by atoms with E-state index in [0.29, 0.717) is 19.1 Å². The van der Waals surface area contributed by atoms with Crippen LogP contribution in [0.25, 0.3) is 0 Å². The summed E-state index contributed by atoms with van der Waals surface area (Å²) in [5, 5.41) is 6.01. The highest BCUT2D eigenvalue weighted by Gasteiger charge is 2.08. The van der Waals surface area contributed by atoms with Crippen LogP contribution >= 0.6 is 15.9 Å². The number of nitrogens with one attached hydrogen (secondary N) is 2. The highest BCUT2D eigenvalue weighted by atomic mass is 79.9. The van der Waals surface area contributed by atoms with Crippen molar-refractivity contribution < 1.29 is 9.53 Å². The summed E-state index contributed by atoms with van der Waals surface area (Å²) >= 11 is 3.44. The van der Waals surface area contributed by atoms with Crippen LogP contribution in [0.2, 0.25) is 0 Å². The number of ether oxygens (including phenoxy) is 1. The molecule has 1 aromatic carbocycles. The second kappa shape index (κ2) is 8.76. The van der Waals surface area contributed by atoms with E-state index in [9.17, 15) is 4.79 Å². The number of halogens is 1. The van der Waals surface area contributed by atoms with Crippen molar-refractivity contribution >= 4 is 21.8 Å². The minimum absolute atomic E-state index is 0.00412. The maximum Gasteiger partial charge on any atom is 0.258 e. The summed E-state index contributed by atoms with van der Waals surface area (Å²) in [5.74, 6) is 0.561. The maximum absolute atomic E-state index is 11.5. The van der Waals surface area contributed by atoms with Crippen molar-refractivity contribution in [3.8, 4) is 5.75 Å². The van der Waals surface area contributed by atoms with Gasteiger partial charge in [-0.2, -0.15) is 0 Å². The molecule has 0 spiro atoms. The molecule has 110 valence electrons. The molecule has 5 heteroatoms. The number of carbonyl (C=O) groups is 1. The van der Waals surface area contributed by atoms with Gasteiger partial charge in [0.2, 0.25) is 0 Å². The fraction of sp³-hybridized carbons (Fsp3) is 0.400. The van der Waals surface area contributed by atoms with Crippen LogP contribution in [0.15, 0.2) is 35.3 Å². The average Bonchev–Trinajstić information content (AvgIpc) is 2.41. The van der Waals surface area contributed by atoms with Crippen molar-refractivity contribution in [3.05, 3.63) is 40.9 Å². The molecule has 0 radical (unpaired) electrons. The number of rotatable bonds is 8. The Morgan fingerprint density at radius 1 is 1.50 bits per heavy atom. The molecule has 1 amide bonds. The minimum atomic E-state index is -0.157. The number of hydrogen-bond donors (Lipinski definition) is 2. The monoisotopic (exact) mass is 340 g/mol. The van der Waals surface area contributed by atoms with E-state index in [0.717, 1.165) is 15.8 Å². The van der Waals surface area contributed by atoms with Gasteiger partial charge in [-0.05, 0) is 18.2 Å². The summed E-state index contributed by atoms with van der Waals surface area (Å²) < 4.78 is 6.56. The lowest BCUT2D eigenvalue weighted by molar-refractivity contribution is -0.122. The van der Waals surface area contributed by atoms with Gasteiger partial charge in [0.1, 0.15) is 5.75 Å². The molecule has 4 nitrogen and oxygen atoms in total. The van der Waals surface area contributed by atoms with E-state index in [1.165, 1.54) is 0 Å². The molecule has 0 bridgehead atoms. The van der Waals surface area contributed by atoms with Gasteiger partial charge in [-0.25, -0.2) is 0 Å². The minimum Gasteiger partial charge on any atom is -0.483 e. The van der Waals surface area contributed by atoms with Gasteiger partial charge >= 0.3 is 0 Å². The van der Waals surface area contributed by atoms with Gasteiger partial charge < -0.3 is 15.4 Å². The lowest BCUT2D eigenvalue weighted by atomic mass is 10.2. The van der Waals surface area contributed by atoms with Crippen LogP contribution in [0.4, 0.5) is 0 Å². The van der Waals surface area contributed by atoms with Gasteiger partial charge in [0.15, 0.2) is 6.61 Å². The van der Waals surface area contributed by atoms with E-state index in [-0.39, 0.29) is 12.5 Å². The molecule has 0 unspecified atom stereocenters. The number of carbonyl (C=O) groups excluding carboxylic acids is 1. The number of hydrogen-bond acceptors (Lipinski definition) is 3. The lowest BCUT2D eigenvalue weighted by Gasteiger charge is -2.14. The number of benzene rings is 1. The summed E-state index contributed by atoms with van der Waals surface area (Å²) in [6.07, 6.45) is 1.63. The first-order valence-corrected chi connectivity index (χ1v) is 7.34. The summed E-state index contributed by atoms with van der Waals surface area (Å²) in [5.41, 5.74) is 1.02. The Bertz CT molecular complexity index is 461. The van der Waals surface area contributed by atoms with Gasteiger partial charge in [0, 0.05) is 29.2 Å². The quantitative estimate of drug-likeness (QED) is 0.715. The van der Waals surface area contributed by atoms with Crippen LogP contribution in [0.3, 0.4) is 0 Å². The van der Waals surface area contributed by atoms with E-state index in [4.69, 9.17) is 4.74 Å². The first kappa shape index (κ1) is 16.7.